The quantitative estimate of drug-likeness (QED) is 0.640. The number of anilines is 1. The first kappa shape index (κ1) is 22.2. The van der Waals surface area contributed by atoms with Crippen molar-refractivity contribution < 1.29 is 18.3 Å². The molecule has 9 heteroatoms. The van der Waals surface area contributed by atoms with Gasteiger partial charge in [0.1, 0.15) is 0 Å². The molecule has 2 aromatic rings. The number of hydrogen-bond donors (Lipinski definition) is 1. The van der Waals surface area contributed by atoms with Crippen molar-refractivity contribution in [3.05, 3.63) is 24.0 Å². The molecule has 0 bridgehead atoms. The Hall–Kier alpha value is -2.26. The fraction of sp³-hybridized carbons (Fsp3) is 0.680. The van der Waals surface area contributed by atoms with Crippen LogP contribution in [0, 0.1) is 11.8 Å². The van der Waals surface area contributed by atoms with Gasteiger partial charge in [0.15, 0.2) is 11.6 Å². The van der Waals surface area contributed by atoms with Crippen LogP contribution < -0.4 is 10.5 Å². The number of rotatable bonds is 7. The number of nitrogen functional groups attached to an aromatic ring is 1. The Labute approximate surface area is 198 Å². The minimum absolute atomic E-state index is 0.0517. The highest BCUT2D eigenvalue weighted by molar-refractivity contribution is 5.64. The van der Waals surface area contributed by atoms with Crippen molar-refractivity contribution in [1.82, 2.24) is 19.7 Å². The first-order chi connectivity index (χ1) is 16.4. The lowest BCUT2D eigenvalue weighted by Crippen LogP contribution is -2.64. The van der Waals surface area contributed by atoms with Crippen LogP contribution in [0.1, 0.15) is 63.6 Å². The van der Waals surface area contributed by atoms with Crippen LogP contribution in [0.2, 0.25) is 0 Å². The van der Waals surface area contributed by atoms with Crippen molar-refractivity contribution >= 4 is 5.82 Å². The molecule has 2 N–H and O–H groups in total. The highest BCUT2D eigenvalue weighted by atomic mass is 19.3. The maximum absolute atomic E-state index is 12.8. The predicted octanol–water partition coefficient (Wildman–Crippen LogP) is 4.46. The Balaban J connectivity index is 1.19. The van der Waals surface area contributed by atoms with Gasteiger partial charge in [0.25, 0.3) is 0 Å². The zero-order chi connectivity index (χ0) is 23.6. The first-order valence-electron chi connectivity index (χ1n) is 12.6. The Kier molecular flexibility index (Phi) is 5.33. The molecule has 0 aromatic carbocycles. The van der Waals surface area contributed by atoms with Gasteiger partial charge < -0.3 is 15.2 Å². The van der Waals surface area contributed by atoms with Crippen LogP contribution in [-0.4, -0.2) is 57.6 Å². The van der Waals surface area contributed by atoms with Crippen LogP contribution in [0.15, 0.2) is 18.3 Å². The predicted molar refractivity (Wildman–Crippen MR) is 124 cm³/mol. The molecule has 0 amide bonds. The number of hydrogen-bond acceptors (Lipinski definition) is 6. The zero-order valence-electron chi connectivity index (χ0n) is 19.8. The molecule has 1 spiro atoms. The van der Waals surface area contributed by atoms with Gasteiger partial charge >= 0.3 is 6.61 Å². The number of nitrogens with two attached hydrogens (primary N) is 1. The second kappa shape index (κ2) is 8.16. The maximum Gasteiger partial charge on any atom is 0.387 e. The summed E-state index contributed by atoms with van der Waals surface area (Å²) in [6, 6.07) is 4.56. The number of nitrogens with zero attached hydrogens (tertiary/aromatic N) is 4. The third kappa shape index (κ3) is 3.68. The van der Waals surface area contributed by atoms with Gasteiger partial charge in [-0.2, -0.15) is 13.9 Å². The molecule has 2 saturated heterocycles. The topological polar surface area (TPSA) is 78.4 Å². The van der Waals surface area contributed by atoms with Gasteiger partial charge in [-0.3, -0.25) is 9.58 Å². The lowest BCUT2D eigenvalue weighted by molar-refractivity contribution is -0.126. The lowest BCUT2D eigenvalue weighted by atomic mass is 9.88. The van der Waals surface area contributed by atoms with E-state index in [-0.39, 0.29) is 23.2 Å². The Morgan fingerprint density at radius 2 is 2.03 bits per heavy atom. The standard InChI is InChI=1S/C25H33F2N5O2/c1-3-14(2)32-20(10-19(30-32)15-7-21(34-24(26)27)23(28)29-11-15)22-17-8-16(9-18(17)22)31-12-25(13-31)5-4-6-33-25/h7,10-11,14,16-18,22,24H,3-6,8-9,12-13H2,1-2H3,(H2,28,29)/t14?,16?,17-,18+,22+. The van der Waals surface area contributed by atoms with Crippen LogP contribution >= 0.6 is 0 Å². The zero-order valence-corrected chi connectivity index (χ0v) is 19.8. The average Bonchev–Trinajstić information content (AvgIpc) is 3.27. The summed E-state index contributed by atoms with van der Waals surface area (Å²) in [6.07, 6.45) is 7.44. The van der Waals surface area contributed by atoms with Crippen LogP contribution in [0.5, 0.6) is 5.75 Å². The molecule has 2 aliphatic carbocycles. The SMILES string of the molecule is CCC(C)n1nc(-c2cnc(N)c(OC(F)F)c2)cc1[C@H]1[C@@H]2CC(N3CC4(CCCO4)C3)C[C@@H]21. The fourth-order valence-corrected chi connectivity index (χ4v) is 6.62. The number of alkyl halides is 2. The van der Waals surface area contributed by atoms with E-state index in [1.807, 2.05) is 0 Å². The van der Waals surface area contributed by atoms with Gasteiger partial charge in [0, 0.05) is 55.2 Å². The average molecular weight is 474 g/mol. The molecular formula is C25H33F2N5O2. The van der Waals surface area contributed by atoms with Crippen molar-refractivity contribution in [2.24, 2.45) is 11.8 Å². The van der Waals surface area contributed by atoms with Crippen molar-refractivity contribution in [2.75, 3.05) is 25.4 Å². The molecule has 4 heterocycles. The van der Waals surface area contributed by atoms with Crippen LogP contribution in [-0.2, 0) is 4.74 Å². The summed E-state index contributed by atoms with van der Waals surface area (Å²) in [7, 11) is 0. The smallest absolute Gasteiger partial charge is 0.387 e. The Bertz CT molecular complexity index is 1050. The summed E-state index contributed by atoms with van der Waals surface area (Å²) in [6.45, 7) is 4.51. The van der Waals surface area contributed by atoms with E-state index in [4.69, 9.17) is 15.6 Å². The van der Waals surface area contributed by atoms with E-state index < -0.39 is 6.61 Å². The minimum atomic E-state index is -2.95. The number of halogens is 2. The monoisotopic (exact) mass is 473 g/mol. The highest BCUT2D eigenvalue weighted by Gasteiger charge is 2.61. The normalized spacial score (nSPS) is 30.5. The van der Waals surface area contributed by atoms with Crippen LogP contribution in [0.4, 0.5) is 14.6 Å². The summed E-state index contributed by atoms with van der Waals surface area (Å²) in [5, 5.41) is 4.89. The van der Waals surface area contributed by atoms with Gasteiger partial charge in [0.2, 0.25) is 0 Å². The Morgan fingerprint density at radius 3 is 2.68 bits per heavy atom. The van der Waals surface area contributed by atoms with Crippen molar-refractivity contribution in [1.29, 1.82) is 0 Å². The molecule has 2 unspecified atom stereocenters. The number of fused-ring (bicyclic) bond motifs is 1. The van der Waals surface area contributed by atoms with Gasteiger partial charge in [-0.15, -0.1) is 0 Å². The molecule has 5 atom stereocenters. The van der Waals surface area contributed by atoms with Gasteiger partial charge in [-0.1, -0.05) is 6.92 Å². The van der Waals surface area contributed by atoms with Gasteiger partial charge in [0.05, 0.1) is 11.3 Å². The number of likely N-dealkylation sites (tertiary alicyclic amines) is 1. The second-order valence-electron chi connectivity index (χ2n) is 10.7. The van der Waals surface area contributed by atoms with E-state index in [1.165, 1.54) is 37.4 Å². The fourth-order valence-electron chi connectivity index (χ4n) is 6.62. The van der Waals surface area contributed by atoms with Crippen LogP contribution in [0.25, 0.3) is 11.3 Å². The summed E-state index contributed by atoms with van der Waals surface area (Å²) in [4.78, 5) is 6.70. The van der Waals surface area contributed by atoms with E-state index in [1.54, 1.807) is 6.20 Å². The summed E-state index contributed by atoms with van der Waals surface area (Å²) < 4.78 is 38.2. The number of aromatic nitrogens is 3. The van der Waals surface area contributed by atoms with Crippen molar-refractivity contribution in [2.45, 2.75) is 76.2 Å². The summed E-state index contributed by atoms with van der Waals surface area (Å²) >= 11 is 0. The van der Waals surface area contributed by atoms with Gasteiger partial charge in [-0.05, 0) is 63.0 Å². The van der Waals surface area contributed by atoms with Crippen LogP contribution in [0.3, 0.4) is 0 Å². The molecule has 4 aliphatic rings. The van der Waals surface area contributed by atoms with E-state index in [9.17, 15) is 8.78 Å². The third-order valence-electron chi connectivity index (χ3n) is 8.61. The molecule has 34 heavy (non-hydrogen) atoms. The number of ether oxygens (including phenoxy) is 2. The second-order valence-corrected chi connectivity index (χ2v) is 10.7. The van der Waals surface area contributed by atoms with Crippen molar-refractivity contribution in [3.8, 4) is 17.0 Å². The summed E-state index contributed by atoms with van der Waals surface area (Å²) in [5.74, 6) is 1.74. The highest BCUT2D eigenvalue weighted by Crippen LogP contribution is 2.65. The van der Waals surface area contributed by atoms with E-state index >= 15 is 0 Å². The van der Waals surface area contributed by atoms with E-state index in [0.717, 1.165) is 31.8 Å². The molecule has 184 valence electrons. The maximum atomic E-state index is 12.8. The lowest BCUT2D eigenvalue weighted by Gasteiger charge is -2.50. The molecular weight excluding hydrogens is 440 g/mol. The first-order valence-corrected chi connectivity index (χ1v) is 12.6. The molecule has 4 fully saturated rings. The minimum Gasteiger partial charge on any atom is -0.431 e. The molecule has 2 aromatic heterocycles. The largest absolute Gasteiger partial charge is 0.431 e. The van der Waals surface area contributed by atoms with E-state index in [0.29, 0.717) is 29.4 Å². The molecule has 0 radical (unpaired) electrons. The molecule has 6 rings (SSSR count). The summed E-state index contributed by atoms with van der Waals surface area (Å²) in [5.41, 5.74) is 8.51. The Morgan fingerprint density at radius 1 is 1.26 bits per heavy atom. The molecule has 2 aliphatic heterocycles. The number of pyridine rings is 1. The molecule has 7 nitrogen and oxygen atoms in total. The van der Waals surface area contributed by atoms with Gasteiger partial charge in [-0.25, -0.2) is 4.98 Å². The van der Waals surface area contributed by atoms with Crippen molar-refractivity contribution in [3.63, 3.8) is 0 Å². The third-order valence-corrected chi connectivity index (χ3v) is 8.61. The van der Waals surface area contributed by atoms with E-state index in [2.05, 4.69) is 39.2 Å². The molecule has 2 saturated carbocycles.